The molecule has 2 fully saturated rings. The Bertz CT molecular complexity index is 1040. The third kappa shape index (κ3) is 3.46. The Morgan fingerprint density at radius 1 is 1.29 bits per heavy atom. The van der Waals surface area contributed by atoms with Crippen LogP contribution in [0.15, 0.2) is 47.1 Å². The van der Waals surface area contributed by atoms with E-state index < -0.39 is 23.4 Å². The van der Waals surface area contributed by atoms with Crippen LogP contribution in [0.1, 0.15) is 53.4 Å². The zero-order valence-corrected chi connectivity index (χ0v) is 17.3. The molecular formula is C23H24N4O4. The number of rotatable bonds is 3. The number of benzene rings is 1. The topological polar surface area (TPSA) is 115 Å². The van der Waals surface area contributed by atoms with Crippen molar-refractivity contribution >= 4 is 17.7 Å². The fourth-order valence-corrected chi connectivity index (χ4v) is 4.86. The van der Waals surface area contributed by atoms with E-state index in [1.807, 2.05) is 6.07 Å². The fraction of sp³-hybridized carbons (Fsp3) is 0.391. The van der Waals surface area contributed by atoms with Gasteiger partial charge in [-0.15, -0.1) is 0 Å². The van der Waals surface area contributed by atoms with Crippen LogP contribution in [0.2, 0.25) is 0 Å². The molecule has 2 aliphatic heterocycles. The minimum Gasteiger partial charge on any atom is -0.467 e. The van der Waals surface area contributed by atoms with E-state index in [2.05, 4.69) is 10.6 Å². The van der Waals surface area contributed by atoms with Crippen LogP contribution in [-0.2, 0) is 9.59 Å². The summed E-state index contributed by atoms with van der Waals surface area (Å²) in [5.74, 6) is -1.10. The molecular weight excluding hydrogens is 396 g/mol. The van der Waals surface area contributed by atoms with E-state index >= 15 is 0 Å². The zero-order chi connectivity index (χ0) is 22.0. The molecule has 2 N–H and O–H groups in total. The van der Waals surface area contributed by atoms with Gasteiger partial charge in [0.25, 0.3) is 5.91 Å². The summed E-state index contributed by atoms with van der Waals surface area (Å²) in [4.78, 5) is 41.6. The largest absolute Gasteiger partial charge is 0.467 e. The lowest BCUT2D eigenvalue weighted by Crippen LogP contribution is -2.57. The molecule has 4 rings (SSSR count). The molecule has 0 saturated carbocycles. The average molecular weight is 420 g/mol. The number of carbonyl (C=O) groups is 3. The van der Waals surface area contributed by atoms with E-state index in [-0.39, 0.29) is 18.2 Å². The molecule has 0 aliphatic carbocycles. The number of amides is 3. The van der Waals surface area contributed by atoms with Crippen LogP contribution in [0.3, 0.4) is 0 Å². The number of hydrogen-bond donors (Lipinski definition) is 2. The van der Waals surface area contributed by atoms with Gasteiger partial charge in [0.05, 0.1) is 23.8 Å². The molecule has 3 amide bonds. The first-order valence-corrected chi connectivity index (χ1v) is 10.4. The normalized spacial score (nSPS) is 25.5. The van der Waals surface area contributed by atoms with Gasteiger partial charge in [0, 0.05) is 19.2 Å². The van der Waals surface area contributed by atoms with Crippen molar-refractivity contribution in [2.24, 2.45) is 5.92 Å². The highest BCUT2D eigenvalue weighted by molar-refractivity contribution is 6.01. The van der Waals surface area contributed by atoms with E-state index in [1.165, 1.54) is 17.2 Å². The van der Waals surface area contributed by atoms with Crippen LogP contribution >= 0.6 is 0 Å². The summed E-state index contributed by atoms with van der Waals surface area (Å²) in [5, 5.41) is 14.9. The third-order valence-corrected chi connectivity index (χ3v) is 6.28. The van der Waals surface area contributed by atoms with Crippen LogP contribution in [0, 0.1) is 17.2 Å². The lowest BCUT2D eigenvalue weighted by Gasteiger charge is -2.38. The minimum absolute atomic E-state index is 0.202. The van der Waals surface area contributed by atoms with Crippen molar-refractivity contribution in [2.45, 2.75) is 37.3 Å². The second kappa shape index (κ2) is 8.26. The molecule has 2 saturated heterocycles. The molecule has 3 heterocycles. The highest BCUT2D eigenvalue weighted by atomic mass is 16.3. The predicted molar refractivity (Wildman–Crippen MR) is 111 cm³/mol. The van der Waals surface area contributed by atoms with Gasteiger partial charge < -0.3 is 20.0 Å². The Morgan fingerprint density at radius 2 is 2.13 bits per heavy atom. The van der Waals surface area contributed by atoms with Gasteiger partial charge in [0.1, 0.15) is 17.3 Å². The van der Waals surface area contributed by atoms with Crippen molar-refractivity contribution in [1.82, 2.24) is 15.5 Å². The summed E-state index contributed by atoms with van der Waals surface area (Å²) in [6, 6.07) is 11.1. The van der Waals surface area contributed by atoms with Crippen molar-refractivity contribution in [3.8, 4) is 6.07 Å². The smallest absolute Gasteiger partial charge is 0.255 e. The number of likely N-dealkylation sites (tertiary alicyclic amines) is 1. The van der Waals surface area contributed by atoms with Crippen LogP contribution in [-0.4, -0.2) is 41.8 Å². The Hall–Kier alpha value is -3.60. The summed E-state index contributed by atoms with van der Waals surface area (Å²) in [7, 11) is 1.54. The first-order valence-electron chi connectivity index (χ1n) is 10.4. The fourth-order valence-electron chi connectivity index (χ4n) is 4.86. The molecule has 0 unspecified atom stereocenters. The Balaban J connectivity index is 1.89. The third-order valence-electron chi connectivity index (χ3n) is 6.28. The second-order valence-corrected chi connectivity index (χ2v) is 8.00. The van der Waals surface area contributed by atoms with Crippen molar-refractivity contribution < 1.29 is 18.8 Å². The molecule has 1 aromatic carbocycles. The molecule has 8 heteroatoms. The molecule has 8 nitrogen and oxygen atoms in total. The average Bonchev–Trinajstić information content (AvgIpc) is 3.39. The number of nitrogens with zero attached hydrogens (tertiary/aromatic N) is 2. The van der Waals surface area contributed by atoms with Gasteiger partial charge in [0.15, 0.2) is 0 Å². The molecule has 2 aromatic rings. The first kappa shape index (κ1) is 20.7. The highest BCUT2D eigenvalue weighted by Crippen LogP contribution is 2.50. The Morgan fingerprint density at radius 3 is 2.84 bits per heavy atom. The van der Waals surface area contributed by atoms with Crippen molar-refractivity contribution in [2.75, 3.05) is 13.6 Å². The summed E-state index contributed by atoms with van der Waals surface area (Å²) < 4.78 is 5.65. The summed E-state index contributed by atoms with van der Waals surface area (Å²) in [6.45, 7) is 0.530. The monoisotopic (exact) mass is 420 g/mol. The molecule has 31 heavy (non-hydrogen) atoms. The number of nitrogens with one attached hydrogen (secondary N) is 2. The van der Waals surface area contributed by atoms with Gasteiger partial charge in [-0.3, -0.25) is 14.4 Å². The van der Waals surface area contributed by atoms with Gasteiger partial charge in [0.2, 0.25) is 11.8 Å². The van der Waals surface area contributed by atoms with E-state index in [0.29, 0.717) is 29.9 Å². The predicted octanol–water partition coefficient (Wildman–Crippen LogP) is 2.14. The van der Waals surface area contributed by atoms with E-state index in [4.69, 9.17) is 4.42 Å². The van der Waals surface area contributed by atoms with Gasteiger partial charge >= 0.3 is 0 Å². The molecule has 160 valence electrons. The molecule has 1 aromatic heterocycles. The molecule has 2 aliphatic rings. The maximum Gasteiger partial charge on any atom is 0.255 e. The van der Waals surface area contributed by atoms with Gasteiger partial charge in [-0.2, -0.15) is 5.26 Å². The maximum atomic E-state index is 13.9. The Labute approximate surface area is 180 Å². The lowest BCUT2D eigenvalue weighted by atomic mass is 9.85. The van der Waals surface area contributed by atoms with Gasteiger partial charge in [-0.1, -0.05) is 6.07 Å². The number of hydrogen-bond acceptors (Lipinski definition) is 5. The number of carbonyl (C=O) groups excluding carboxylic acids is 3. The van der Waals surface area contributed by atoms with Crippen LogP contribution in [0.25, 0.3) is 0 Å². The number of furan rings is 1. The van der Waals surface area contributed by atoms with Crippen molar-refractivity contribution in [3.63, 3.8) is 0 Å². The SMILES string of the molecule is CNC(=O)[C@H]1C[C@]2(CCCCNC2=O)N(C(=O)c2cccc(C#N)c2)[C@H]1c1ccco1. The number of nitriles is 1. The molecule has 3 atom stereocenters. The minimum atomic E-state index is -1.18. The molecule has 0 bridgehead atoms. The van der Waals surface area contributed by atoms with Crippen LogP contribution < -0.4 is 10.6 Å². The summed E-state index contributed by atoms with van der Waals surface area (Å²) in [5.41, 5.74) is -0.531. The van der Waals surface area contributed by atoms with E-state index in [1.54, 1.807) is 37.4 Å². The van der Waals surface area contributed by atoms with Gasteiger partial charge in [-0.25, -0.2) is 0 Å². The van der Waals surface area contributed by atoms with Crippen molar-refractivity contribution in [1.29, 1.82) is 5.26 Å². The van der Waals surface area contributed by atoms with Crippen LogP contribution in [0.4, 0.5) is 0 Å². The first-order chi connectivity index (χ1) is 15.0. The van der Waals surface area contributed by atoms with E-state index in [0.717, 1.165) is 12.8 Å². The van der Waals surface area contributed by atoms with Crippen LogP contribution in [0.5, 0.6) is 0 Å². The zero-order valence-electron chi connectivity index (χ0n) is 17.3. The highest BCUT2D eigenvalue weighted by Gasteiger charge is 2.60. The summed E-state index contributed by atoms with van der Waals surface area (Å²) in [6.07, 6.45) is 3.69. The standard InChI is InChI=1S/C23H24N4O4/c1-25-20(28)17-13-23(9-2-3-10-26-22(23)30)27(19(17)18-8-5-11-31-18)21(29)16-7-4-6-15(12-16)14-24/h4-8,11-12,17,19H,2-3,9-10,13H2,1H3,(H,25,28)(H,26,30)/t17-,19+,23-/m0/s1. The quantitative estimate of drug-likeness (QED) is 0.789. The van der Waals surface area contributed by atoms with Gasteiger partial charge in [-0.05, 0) is 56.0 Å². The van der Waals surface area contributed by atoms with E-state index in [9.17, 15) is 19.6 Å². The lowest BCUT2D eigenvalue weighted by molar-refractivity contribution is -0.131. The van der Waals surface area contributed by atoms with Crippen molar-refractivity contribution in [3.05, 3.63) is 59.5 Å². The Kier molecular flexibility index (Phi) is 5.51. The molecule has 1 spiro atoms. The molecule has 0 radical (unpaired) electrons. The second-order valence-electron chi connectivity index (χ2n) is 8.00. The maximum absolute atomic E-state index is 13.9. The summed E-state index contributed by atoms with van der Waals surface area (Å²) >= 11 is 0.